The van der Waals surface area contributed by atoms with Gasteiger partial charge in [0, 0.05) is 13.0 Å². The molecular formula is C25H45NO6S2. The second-order valence-corrected chi connectivity index (χ2v) is 11.1. The summed E-state index contributed by atoms with van der Waals surface area (Å²) in [6, 6.07) is 5.32. The molecule has 0 aromatic heterocycles. The van der Waals surface area contributed by atoms with Gasteiger partial charge in [-0.25, -0.2) is 0 Å². The lowest BCUT2D eigenvalue weighted by atomic mass is 10.1. The number of aliphatic hydroxyl groups excluding tert-OH is 1. The van der Waals surface area contributed by atoms with E-state index in [9.17, 15) is 9.35 Å². The Morgan fingerprint density at radius 2 is 1.79 bits per heavy atom. The summed E-state index contributed by atoms with van der Waals surface area (Å²) in [5.41, 5.74) is 6.36. The highest BCUT2D eigenvalue weighted by Crippen LogP contribution is 2.33. The van der Waals surface area contributed by atoms with Crippen LogP contribution in [-0.4, -0.2) is 63.2 Å². The summed E-state index contributed by atoms with van der Waals surface area (Å²) in [5.74, 6) is 2.35. The highest BCUT2D eigenvalue weighted by Gasteiger charge is 2.19. The summed E-state index contributed by atoms with van der Waals surface area (Å²) in [7, 11) is 0. The third-order valence-corrected chi connectivity index (χ3v) is 7.46. The number of nitrogens with two attached hydrogens (primary N) is 1. The summed E-state index contributed by atoms with van der Waals surface area (Å²) in [5, 5.41) is 16.0. The zero-order valence-electron chi connectivity index (χ0n) is 21.3. The van der Waals surface area contributed by atoms with Crippen LogP contribution in [0.1, 0.15) is 71.3 Å². The molecule has 0 spiro atoms. The first-order chi connectivity index (χ1) is 16.3. The number of carboxylic acids is 1. The van der Waals surface area contributed by atoms with Crippen molar-refractivity contribution in [3.63, 3.8) is 0 Å². The maximum absolute atomic E-state index is 12.3. The van der Waals surface area contributed by atoms with Gasteiger partial charge in [-0.1, -0.05) is 49.8 Å². The lowest BCUT2D eigenvalue weighted by molar-refractivity contribution is -0.138. The molecular weight excluding hydrogens is 474 g/mol. The Kier molecular flexibility index (Phi) is 20.5. The molecule has 9 heteroatoms. The fourth-order valence-electron chi connectivity index (χ4n) is 3.09. The number of unbranched alkanes of at least 4 members (excludes halogenated alkanes) is 5. The van der Waals surface area contributed by atoms with Crippen molar-refractivity contribution < 1.29 is 29.0 Å². The van der Waals surface area contributed by atoms with Gasteiger partial charge in [0.2, 0.25) is 6.79 Å². The van der Waals surface area contributed by atoms with Gasteiger partial charge in [-0.05, 0) is 62.8 Å². The lowest BCUT2D eigenvalue weighted by Gasteiger charge is -2.18. The molecule has 0 fully saturated rings. The van der Waals surface area contributed by atoms with E-state index >= 15 is 0 Å². The number of rotatable bonds is 14. The molecule has 4 N–H and O–H groups in total. The molecule has 1 aliphatic heterocycles. The van der Waals surface area contributed by atoms with Gasteiger partial charge >= 0.3 is 5.97 Å². The Bertz CT molecular complexity index is 650. The molecule has 2 unspecified atom stereocenters. The van der Waals surface area contributed by atoms with Crippen LogP contribution < -0.4 is 15.2 Å². The van der Waals surface area contributed by atoms with E-state index < -0.39 is 23.2 Å². The van der Waals surface area contributed by atoms with E-state index in [2.05, 4.69) is 13.8 Å². The summed E-state index contributed by atoms with van der Waals surface area (Å²) in [6.45, 7) is 6.54. The lowest BCUT2D eigenvalue weighted by Crippen LogP contribution is -2.30. The highest BCUT2D eigenvalue weighted by molar-refractivity contribution is 7.98. The molecule has 0 saturated heterocycles. The summed E-state index contributed by atoms with van der Waals surface area (Å²) >= 11 is 0.861. The molecule has 1 aromatic rings. The van der Waals surface area contributed by atoms with Gasteiger partial charge in [0.05, 0.1) is 0 Å². The predicted molar refractivity (Wildman–Crippen MR) is 143 cm³/mol. The predicted octanol–water partition coefficient (Wildman–Crippen LogP) is 4.61. The van der Waals surface area contributed by atoms with Crippen molar-refractivity contribution in [2.75, 3.05) is 31.2 Å². The number of carbonyl (C=O) groups is 1. The topological polar surface area (TPSA) is 125 Å². The maximum atomic E-state index is 12.3. The van der Waals surface area contributed by atoms with Gasteiger partial charge in [-0.3, -0.25) is 4.79 Å². The minimum atomic E-state index is -0.913. The van der Waals surface area contributed by atoms with Crippen LogP contribution in [0.4, 0.5) is 0 Å². The summed E-state index contributed by atoms with van der Waals surface area (Å²) in [6.07, 6.45) is 10.8. The van der Waals surface area contributed by atoms with Crippen LogP contribution in [0.3, 0.4) is 0 Å². The van der Waals surface area contributed by atoms with Crippen LogP contribution in [0.5, 0.6) is 11.5 Å². The molecule has 3 atom stereocenters. The Hall–Kier alpha value is -1.13. The van der Waals surface area contributed by atoms with Crippen LogP contribution in [0.15, 0.2) is 18.2 Å². The Morgan fingerprint density at radius 3 is 2.41 bits per heavy atom. The largest absolute Gasteiger partial charge is 0.616 e. The van der Waals surface area contributed by atoms with E-state index in [1.165, 1.54) is 37.7 Å². The third kappa shape index (κ3) is 15.7. The molecule has 0 radical (unpaired) electrons. The van der Waals surface area contributed by atoms with Crippen molar-refractivity contribution in [1.29, 1.82) is 0 Å². The van der Waals surface area contributed by atoms with Crippen molar-refractivity contribution in [2.45, 2.75) is 83.4 Å². The van der Waals surface area contributed by atoms with Gasteiger partial charge < -0.3 is 30.0 Å². The van der Waals surface area contributed by atoms with E-state index in [4.69, 9.17) is 25.4 Å². The quantitative estimate of drug-likeness (QED) is 0.240. The average Bonchev–Trinajstić information content (AvgIpc) is 3.28. The van der Waals surface area contributed by atoms with Crippen LogP contribution in [-0.2, 0) is 22.4 Å². The average molecular weight is 520 g/mol. The molecule has 2 rings (SSSR count). The second kappa shape index (κ2) is 21.2. The first kappa shape index (κ1) is 32.9. The van der Waals surface area contributed by atoms with Gasteiger partial charge in [-0.2, -0.15) is 11.8 Å². The fraction of sp³-hybridized carbons (Fsp3) is 0.720. The number of ether oxygens (including phenoxy) is 2. The van der Waals surface area contributed by atoms with E-state index in [0.29, 0.717) is 13.2 Å². The summed E-state index contributed by atoms with van der Waals surface area (Å²) in [4.78, 5) is 10.1. The number of hydrogen-bond acceptors (Lipinski definition) is 7. The van der Waals surface area contributed by atoms with Crippen molar-refractivity contribution >= 4 is 28.9 Å². The minimum absolute atomic E-state index is 0.191. The number of hydrogen-bond donors (Lipinski definition) is 3. The molecule has 198 valence electrons. The molecule has 0 bridgehead atoms. The second-order valence-electron chi connectivity index (χ2n) is 8.10. The normalized spacial score (nSPS) is 14.2. The number of thioether (sulfide) groups is 1. The number of aliphatic hydroxyl groups is 1. The van der Waals surface area contributed by atoms with Gasteiger partial charge in [0.1, 0.15) is 17.0 Å². The van der Waals surface area contributed by atoms with E-state index in [0.717, 1.165) is 35.8 Å². The Labute approximate surface area is 213 Å². The van der Waals surface area contributed by atoms with Gasteiger partial charge in [-0.15, -0.1) is 0 Å². The number of carboxylic acid groups (broad SMARTS) is 1. The van der Waals surface area contributed by atoms with Crippen LogP contribution in [0.25, 0.3) is 0 Å². The molecule has 1 aromatic carbocycles. The SMILES string of the molecule is CCCCCCCC[S+]([O-])C(C)Cc1ccc2c(c1)OCO2.CCO.CSCC[C@H](N)C(=O)O. The van der Waals surface area contributed by atoms with Crippen molar-refractivity contribution in [2.24, 2.45) is 5.73 Å². The van der Waals surface area contributed by atoms with Crippen LogP contribution in [0, 0.1) is 0 Å². The van der Waals surface area contributed by atoms with E-state index in [-0.39, 0.29) is 11.9 Å². The smallest absolute Gasteiger partial charge is 0.320 e. The Balaban J connectivity index is 0.000000759. The zero-order chi connectivity index (χ0) is 25.8. The summed E-state index contributed by atoms with van der Waals surface area (Å²) < 4.78 is 23.0. The number of aliphatic carboxylic acids is 1. The first-order valence-electron chi connectivity index (χ1n) is 12.1. The van der Waals surface area contributed by atoms with Crippen LogP contribution >= 0.6 is 11.8 Å². The van der Waals surface area contributed by atoms with Crippen molar-refractivity contribution in [3.05, 3.63) is 23.8 Å². The monoisotopic (exact) mass is 519 g/mol. The van der Waals surface area contributed by atoms with Crippen LogP contribution in [0.2, 0.25) is 0 Å². The van der Waals surface area contributed by atoms with E-state index in [1.807, 2.05) is 24.5 Å². The van der Waals surface area contributed by atoms with Crippen molar-refractivity contribution in [3.8, 4) is 11.5 Å². The molecule has 7 nitrogen and oxygen atoms in total. The standard InChI is InChI=1S/C18H28O3S.C5H11NO2S.C2H6O/c1-3-4-5-6-7-8-11-22(19)15(2)12-16-9-10-17-18(13-16)21-14-20-17;1-9-3-2-4(6)5(7)8;1-2-3/h9-10,13,15H,3-8,11-12,14H2,1-2H3;4H,2-3,6H2,1H3,(H,7,8);3H,2H2,1H3/t;4-;/m.0./s1. The highest BCUT2D eigenvalue weighted by atomic mass is 32.2. The Morgan fingerprint density at radius 1 is 1.18 bits per heavy atom. The van der Waals surface area contributed by atoms with Gasteiger partial charge in [0.25, 0.3) is 0 Å². The molecule has 34 heavy (non-hydrogen) atoms. The van der Waals surface area contributed by atoms with E-state index in [1.54, 1.807) is 18.7 Å². The third-order valence-electron chi connectivity index (χ3n) is 5.06. The zero-order valence-corrected chi connectivity index (χ0v) is 22.9. The first-order valence-corrected chi connectivity index (χ1v) is 14.9. The number of benzene rings is 1. The molecule has 1 aliphatic rings. The molecule has 0 saturated carbocycles. The fourth-order valence-corrected chi connectivity index (χ4v) is 4.85. The number of fused-ring (bicyclic) bond motifs is 1. The minimum Gasteiger partial charge on any atom is -0.616 e. The molecule has 0 aliphatic carbocycles. The molecule has 0 amide bonds. The maximum Gasteiger partial charge on any atom is 0.320 e. The van der Waals surface area contributed by atoms with Gasteiger partial charge in [0.15, 0.2) is 11.5 Å². The van der Waals surface area contributed by atoms with Crippen molar-refractivity contribution in [1.82, 2.24) is 0 Å². The molecule has 1 heterocycles.